The number of hydrogen-bond donors (Lipinski definition) is 0. The van der Waals surface area contributed by atoms with Crippen LogP contribution >= 0.6 is 0 Å². The fourth-order valence-corrected chi connectivity index (χ4v) is 8.09. The molecule has 0 aliphatic rings. The fraction of sp³-hybridized carbons (Fsp3) is 0.0196. The number of benzene rings is 7. The summed E-state index contributed by atoms with van der Waals surface area (Å²) in [4.78, 5) is 20.6. The number of hydrogen-bond acceptors (Lipinski definition) is 5. The molecule has 11 aromatic rings. The zero-order chi connectivity index (χ0) is 37.7. The van der Waals surface area contributed by atoms with Crippen LogP contribution in [-0.2, 0) is 6.42 Å². The minimum Gasteiger partial charge on any atom is -0.456 e. The smallest absolute Gasteiger partial charge is 0.163 e. The molecular formula is C51H33N5O. The number of fused-ring (bicyclic) bond motifs is 7. The number of nitrogens with zero attached hydrogens (tertiary/aromatic N) is 5. The van der Waals surface area contributed by atoms with E-state index in [2.05, 4.69) is 108 Å². The third-order valence-electron chi connectivity index (χ3n) is 10.7. The molecule has 57 heavy (non-hydrogen) atoms. The van der Waals surface area contributed by atoms with E-state index in [1.165, 1.54) is 0 Å². The van der Waals surface area contributed by atoms with Crippen molar-refractivity contribution < 1.29 is 4.42 Å². The third-order valence-corrected chi connectivity index (χ3v) is 10.7. The van der Waals surface area contributed by atoms with Crippen LogP contribution in [0.2, 0.25) is 0 Å². The summed E-state index contributed by atoms with van der Waals surface area (Å²) >= 11 is 0. The topological polar surface area (TPSA) is 69.6 Å². The molecule has 7 aromatic carbocycles. The lowest BCUT2D eigenvalue weighted by Crippen LogP contribution is -2.08. The van der Waals surface area contributed by atoms with Gasteiger partial charge in [-0.2, -0.15) is 0 Å². The Labute approximate surface area is 328 Å². The van der Waals surface area contributed by atoms with Gasteiger partial charge in [-0.05, 0) is 53.1 Å². The predicted octanol–water partition coefficient (Wildman–Crippen LogP) is 12.5. The van der Waals surface area contributed by atoms with E-state index in [0.717, 1.165) is 88.5 Å². The van der Waals surface area contributed by atoms with Crippen LogP contribution in [0.4, 0.5) is 0 Å². The molecule has 4 aromatic heterocycles. The number of furan rings is 1. The zero-order valence-electron chi connectivity index (χ0n) is 30.7. The van der Waals surface area contributed by atoms with Crippen molar-refractivity contribution in [2.45, 2.75) is 6.42 Å². The molecule has 0 aliphatic carbocycles. The van der Waals surface area contributed by atoms with Gasteiger partial charge in [-0.1, -0.05) is 146 Å². The maximum Gasteiger partial charge on any atom is 0.163 e. The second-order valence-electron chi connectivity index (χ2n) is 14.2. The third kappa shape index (κ3) is 5.74. The molecule has 0 N–H and O–H groups in total. The highest BCUT2D eigenvalue weighted by molar-refractivity contribution is 6.24. The normalized spacial score (nSPS) is 11.6. The number of para-hydroxylation sites is 2. The quantitative estimate of drug-likeness (QED) is 0.163. The van der Waals surface area contributed by atoms with Crippen LogP contribution in [0.3, 0.4) is 0 Å². The standard InChI is InChI=1S/C51H33N5O/c1-4-15-33(16-5-1)36-21-14-22-37(29-36)39-30-38(31-46-53-49(34-17-6-2-7-18-34)55-50(54-46)35-19-8-3-9-20-35)51(52-32-39)56-43-25-12-10-23-40(43)41-27-28-45-47(48(41)56)42-24-11-13-26-44(42)57-45/h1-30,32H,31H2. The van der Waals surface area contributed by atoms with E-state index in [1.807, 2.05) is 85.1 Å². The lowest BCUT2D eigenvalue weighted by molar-refractivity contribution is 0.669. The molecule has 0 saturated carbocycles. The van der Waals surface area contributed by atoms with Crippen molar-refractivity contribution in [2.75, 3.05) is 0 Å². The van der Waals surface area contributed by atoms with Crippen molar-refractivity contribution in [1.29, 1.82) is 0 Å². The summed E-state index contributed by atoms with van der Waals surface area (Å²) in [7, 11) is 0. The molecule has 0 saturated heterocycles. The summed E-state index contributed by atoms with van der Waals surface area (Å²) in [6.45, 7) is 0. The maximum absolute atomic E-state index is 6.45. The minimum atomic E-state index is 0.410. The molecule has 0 atom stereocenters. The van der Waals surface area contributed by atoms with E-state index >= 15 is 0 Å². The van der Waals surface area contributed by atoms with Crippen molar-refractivity contribution >= 4 is 43.7 Å². The van der Waals surface area contributed by atoms with Gasteiger partial charge in [0.05, 0.1) is 16.4 Å². The molecule has 268 valence electrons. The number of rotatable bonds is 7. The van der Waals surface area contributed by atoms with Gasteiger partial charge < -0.3 is 4.42 Å². The molecule has 4 heterocycles. The first-order valence-corrected chi connectivity index (χ1v) is 19.1. The van der Waals surface area contributed by atoms with Crippen molar-refractivity contribution in [2.24, 2.45) is 0 Å². The average molecular weight is 732 g/mol. The van der Waals surface area contributed by atoms with Crippen LogP contribution in [0.25, 0.3) is 94.6 Å². The Morgan fingerprint density at radius 2 is 1.04 bits per heavy atom. The van der Waals surface area contributed by atoms with Gasteiger partial charge in [-0.15, -0.1) is 0 Å². The van der Waals surface area contributed by atoms with Crippen LogP contribution < -0.4 is 0 Å². The second-order valence-corrected chi connectivity index (χ2v) is 14.2. The molecule has 11 rings (SSSR count). The van der Waals surface area contributed by atoms with Gasteiger partial charge in [-0.3, -0.25) is 4.57 Å². The van der Waals surface area contributed by atoms with Crippen molar-refractivity contribution in [3.63, 3.8) is 0 Å². The fourth-order valence-electron chi connectivity index (χ4n) is 8.09. The Bertz CT molecular complexity index is 3200. The Balaban J connectivity index is 1.18. The van der Waals surface area contributed by atoms with Gasteiger partial charge in [0.15, 0.2) is 11.6 Å². The highest BCUT2D eigenvalue weighted by Crippen LogP contribution is 2.41. The monoisotopic (exact) mass is 731 g/mol. The summed E-state index contributed by atoms with van der Waals surface area (Å²) in [5.74, 6) is 2.72. The Morgan fingerprint density at radius 3 is 1.75 bits per heavy atom. The van der Waals surface area contributed by atoms with Gasteiger partial charge in [0.2, 0.25) is 0 Å². The predicted molar refractivity (Wildman–Crippen MR) is 230 cm³/mol. The molecule has 0 amide bonds. The van der Waals surface area contributed by atoms with Gasteiger partial charge in [-0.25, -0.2) is 19.9 Å². The van der Waals surface area contributed by atoms with Crippen molar-refractivity contribution in [1.82, 2.24) is 24.5 Å². The Hall–Kier alpha value is -7.70. The molecule has 0 aliphatic heterocycles. The summed E-state index contributed by atoms with van der Waals surface area (Å²) in [6.07, 6.45) is 2.40. The van der Waals surface area contributed by atoms with Crippen LogP contribution in [0.1, 0.15) is 11.4 Å². The van der Waals surface area contributed by atoms with Crippen molar-refractivity contribution in [3.05, 3.63) is 200 Å². The van der Waals surface area contributed by atoms with E-state index in [4.69, 9.17) is 24.4 Å². The zero-order valence-corrected chi connectivity index (χ0v) is 30.7. The first kappa shape index (κ1) is 32.7. The van der Waals surface area contributed by atoms with Gasteiger partial charge in [0.1, 0.15) is 22.8 Å². The van der Waals surface area contributed by atoms with Gasteiger partial charge in [0, 0.05) is 51.0 Å². The maximum atomic E-state index is 6.45. The van der Waals surface area contributed by atoms with E-state index in [1.54, 1.807) is 0 Å². The van der Waals surface area contributed by atoms with Gasteiger partial charge in [0.25, 0.3) is 0 Å². The van der Waals surface area contributed by atoms with E-state index in [-0.39, 0.29) is 0 Å². The molecule has 0 fully saturated rings. The molecule has 6 nitrogen and oxygen atoms in total. The molecule has 0 bridgehead atoms. The molecule has 0 radical (unpaired) electrons. The first-order valence-electron chi connectivity index (χ1n) is 19.1. The van der Waals surface area contributed by atoms with Crippen LogP contribution in [0, 0.1) is 0 Å². The molecule has 0 unspecified atom stereocenters. The van der Waals surface area contributed by atoms with E-state index < -0.39 is 0 Å². The average Bonchev–Trinajstić information content (AvgIpc) is 3.83. The molecule has 0 spiro atoms. The van der Waals surface area contributed by atoms with Crippen molar-refractivity contribution in [3.8, 4) is 50.8 Å². The second kappa shape index (κ2) is 13.6. The summed E-state index contributed by atoms with van der Waals surface area (Å²) < 4.78 is 8.76. The summed E-state index contributed by atoms with van der Waals surface area (Å²) in [5.41, 5.74) is 11.0. The SMILES string of the molecule is c1ccc(-c2cccc(-c3cnc(-n4c5ccccc5c5ccc6oc7ccccc7c6c54)c(Cc4nc(-c5ccccc5)nc(-c5ccccc5)n4)c3)c2)cc1. The molecule has 6 heteroatoms. The lowest BCUT2D eigenvalue weighted by Gasteiger charge is -2.16. The Kier molecular flexibility index (Phi) is 7.78. The van der Waals surface area contributed by atoms with Crippen LogP contribution in [0.15, 0.2) is 193 Å². The highest BCUT2D eigenvalue weighted by atomic mass is 16.3. The molecular weight excluding hydrogens is 699 g/mol. The lowest BCUT2D eigenvalue weighted by atomic mass is 9.98. The minimum absolute atomic E-state index is 0.410. The van der Waals surface area contributed by atoms with Crippen LogP contribution in [0.5, 0.6) is 0 Å². The first-order chi connectivity index (χ1) is 28.2. The Morgan fingerprint density at radius 1 is 0.439 bits per heavy atom. The van der Waals surface area contributed by atoms with E-state index in [0.29, 0.717) is 23.9 Å². The largest absolute Gasteiger partial charge is 0.456 e. The van der Waals surface area contributed by atoms with Gasteiger partial charge >= 0.3 is 0 Å². The number of aromatic nitrogens is 5. The highest BCUT2D eigenvalue weighted by Gasteiger charge is 2.23. The summed E-state index contributed by atoms with van der Waals surface area (Å²) in [6, 6.07) is 62.7. The van der Waals surface area contributed by atoms with Crippen LogP contribution in [-0.4, -0.2) is 24.5 Å². The van der Waals surface area contributed by atoms with E-state index in [9.17, 15) is 0 Å². The number of pyridine rings is 1. The summed E-state index contributed by atoms with van der Waals surface area (Å²) in [5, 5.41) is 4.40.